The van der Waals surface area contributed by atoms with Gasteiger partial charge in [-0.05, 0) is 13.5 Å². The van der Waals surface area contributed by atoms with Crippen LogP contribution in [0, 0.1) is 0 Å². The standard InChI is InChI=1S/C8H10N2O3S2/c1-9-15(11,12)8-3-2-7(14-8)6-4-5-10-13-6/h2,4-5,8-9H,3H2,1H3. The molecule has 0 bridgehead atoms. The van der Waals surface area contributed by atoms with Crippen molar-refractivity contribution in [2.45, 2.75) is 11.0 Å². The normalized spacial score (nSPS) is 21.7. The SMILES string of the molecule is CNS(=O)(=O)C1CC=C(c2ccno2)S1. The van der Waals surface area contributed by atoms with E-state index in [1.807, 2.05) is 6.08 Å². The molecule has 1 atom stereocenters. The minimum absolute atomic E-state index is 0.470. The number of nitrogens with zero attached hydrogens (tertiary/aromatic N) is 1. The van der Waals surface area contributed by atoms with Crippen molar-refractivity contribution in [2.75, 3.05) is 7.05 Å². The topological polar surface area (TPSA) is 72.2 Å². The third-order valence-corrected chi connectivity index (χ3v) is 5.64. The maximum atomic E-state index is 11.5. The van der Waals surface area contributed by atoms with E-state index in [0.717, 1.165) is 4.91 Å². The van der Waals surface area contributed by atoms with E-state index in [9.17, 15) is 8.42 Å². The number of allylic oxidation sites excluding steroid dienone is 1. The third-order valence-electron chi connectivity index (χ3n) is 2.07. The van der Waals surface area contributed by atoms with Crippen molar-refractivity contribution in [3.05, 3.63) is 24.1 Å². The number of sulfonamides is 1. The maximum absolute atomic E-state index is 11.5. The molecule has 1 unspecified atom stereocenters. The molecule has 0 spiro atoms. The summed E-state index contributed by atoms with van der Waals surface area (Å²) in [7, 11) is -1.80. The van der Waals surface area contributed by atoms with Crippen molar-refractivity contribution in [2.24, 2.45) is 0 Å². The summed E-state index contributed by atoms with van der Waals surface area (Å²) in [5.74, 6) is 0.619. The van der Waals surface area contributed by atoms with Crippen molar-refractivity contribution in [3.63, 3.8) is 0 Å². The molecule has 82 valence electrons. The lowest BCUT2D eigenvalue weighted by atomic mass is 10.3. The Kier molecular flexibility index (Phi) is 2.85. The summed E-state index contributed by atoms with van der Waals surface area (Å²) in [6.07, 6.45) is 3.88. The largest absolute Gasteiger partial charge is 0.356 e. The molecule has 15 heavy (non-hydrogen) atoms. The lowest BCUT2D eigenvalue weighted by Gasteiger charge is -2.08. The lowest BCUT2D eigenvalue weighted by molar-refractivity contribution is 0.412. The second kappa shape index (κ2) is 3.99. The fraction of sp³-hybridized carbons (Fsp3) is 0.375. The van der Waals surface area contributed by atoms with Gasteiger partial charge in [-0.1, -0.05) is 11.2 Å². The Morgan fingerprint density at radius 3 is 3.07 bits per heavy atom. The number of hydrogen-bond donors (Lipinski definition) is 1. The van der Waals surface area contributed by atoms with Gasteiger partial charge in [0, 0.05) is 6.07 Å². The van der Waals surface area contributed by atoms with Crippen molar-refractivity contribution >= 4 is 26.7 Å². The van der Waals surface area contributed by atoms with Gasteiger partial charge < -0.3 is 4.52 Å². The number of rotatable bonds is 3. The first kappa shape index (κ1) is 10.7. The van der Waals surface area contributed by atoms with Crippen LogP contribution in [0.25, 0.3) is 4.91 Å². The first-order chi connectivity index (χ1) is 7.13. The van der Waals surface area contributed by atoms with E-state index >= 15 is 0 Å². The number of thioether (sulfide) groups is 1. The minimum Gasteiger partial charge on any atom is -0.356 e. The fourth-order valence-electron chi connectivity index (χ4n) is 1.26. The van der Waals surface area contributed by atoms with E-state index < -0.39 is 14.6 Å². The Morgan fingerprint density at radius 1 is 1.67 bits per heavy atom. The van der Waals surface area contributed by atoms with Gasteiger partial charge in [0.2, 0.25) is 10.0 Å². The molecular weight excluding hydrogens is 236 g/mol. The molecule has 0 aromatic carbocycles. The van der Waals surface area contributed by atoms with Gasteiger partial charge in [-0.3, -0.25) is 0 Å². The highest BCUT2D eigenvalue weighted by Gasteiger charge is 2.30. The Bertz CT molecular complexity index is 464. The zero-order chi connectivity index (χ0) is 10.9. The predicted octanol–water partition coefficient (Wildman–Crippen LogP) is 1.03. The zero-order valence-corrected chi connectivity index (χ0v) is 9.64. The van der Waals surface area contributed by atoms with Gasteiger partial charge in [-0.15, -0.1) is 11.8 Å². The number of hydrogen-bond acceptors (Lipinski definition) is 5. The molecule has 0 aliphatic carbocycles. The van der Waals surface area contributed by atoms with Crippen LogP contribution < -0.4 is 4.72 Å². The summed E-state index contributed by atoms with van der Waals surface area (Å²) >= 11 is 1.28. The zero-order valence-electron chi connectivity index (χ0n) is 8.00. The van der Waals surface area contributed by atoms with Crippen LogP contribution in [-0.4, -0.2) is 25.2 Å². The molecule has 0 fully saturated rings. The summed E-state index contributed by atoms with van der Waals surface area (Å²) in [5.41, 5.74) is 0. The van der Waals surface area contributed by atoms with E-state index in [4.69, 9.17) is 4.52 Å². The van der Waals surface area contributed by atoms with Crippen LogP contribution in [-0.2, 0) is 10.0 Å². The molecule has 0 saturated carbocycles. The van der Waals surface area contributed by atoms with Crippen LogP contribution in [0.1, 0.15) is 12.2 Å². The molecule has 2 heterocycles. The van der Waals surface area contributed by atoms with Crippen LogP contribution in [0.2, 0.25) is 0 Å². The maximum Gasteiger partial charge on any atom is 0.224 e. The first-order valence-electron chi connectivity index (χ1n) is 4.34. The molecule has 1 aromatic heterocycles. The van der Waals surface area contributed by atoms with Crippen LogP contribution in [0.5, 0.6) is 0 Å². The molecule has 1 aliphatic heterocycles. The average Bonchev–Trinajstić information content (AvgIpc) is 2.88. The van der Waals surface area contributed by atoms with Crippen LogP contribution >= 0.6 is 11.8 Å². The van der Waals surface area contributed by atoms with Crippen molar-refractivity contribution < 1.29 is 12.9 Å². The van der Waals surface area contributed by atoms with Gasteiger partial charge in [0.1, 0.15) is 4.58 Å². The molecule has 5 nitrogen and oxygen atoms in total. The van der Waals surface area contributed by atoms with Crippen LogP contribution in [0.4, 0.5) is 0 Å². The van der Waals surface area contributed by atoms with E-state index in [1.54, 1.807) is 6.07 Å². The van der Waals surface area contributed by atoms with Gasteiger partial charge in [0.15, 0.2) is 5.76 Å². The average molecular weight is 246 g/mol. The molecule has 0 radical (unpaired) electrons. The Morgan fingerprint density at radius 2 is 2.47 bits per heavy atom. The summed E-state index contributed by atoms with van der Waals surface area (Å²) in [5, 5.41) is 3.58. The molecule has 2 rings (SSSR count). The first-order valence-corrected chi connectivity index (χ1v) is 6.76. The highest BCUT2D eigenvalue weighted by atomic mass is 32.3. The minimum atomic E-state index is -3.22. The predicted molar refractivity (Wildman–Crippen MR) is 58.5 cm³/mol. The van der Waals surface area contributed by atoms with Gasteiger partial charge in [-0.25, -0.2) is 13.1 Å². The summed E-state index contributed by atoms with van der Waals surface area (Å²) in [6.45, 7) is 0. The highest BCUT2D eigenvalue weighted by Crippen LogP contribution is 2.40. The Labute approximate surface area is 92.0 Å². The van der Waals surface area contributed by atoms with Gasteiger partial charge >= 0.3 is 0 Å². The van der Waals surface area contributed by atoms with E-state index in [1.165, 1.54) is 25.0 Å². The fourth-order valence-corrected chi connectivity index (χ4v) is 3.87. The summed E-state index contributed by atoms with van der Waals surface area (Å²) in [4.78, 5) is 0.830. The van der Waals surface area contributed by atoms with E-state index in [-0.39, 0.29) is 0 Å². The van der Waals surface area contributed by atoms with Crippen molar-refractivity contribution in [1.82, 2.24) is 9.88 Å². The van der Waals surface area contributed by atoms with Gasteiger partial charge in [-0.2, -0.15) is 0 Å². The molecular formula is C8H10N2O3S2. The summed E-state index contributed by atoms with van der Waals surface area (Å²) < 4.78 is 29.8. The van der Waals surface area contributed by atoms with Crippen LogP contribution in [0.15, 0.2) is 22.9 Å². The number of nitrogens with one attached hydrogen (secondary N) is 1. The molecule has 1 N–H and O–H groups in total. The van der Waals surface area contributed by atoms with Crippen molar-refractivity contribution in [3.8, 4) is 0 Å². The third kappa shape index (κ3) is 2.09. The quantitative estimate of drug-likeness (QED) is 0.862. The van der Waals surface area contributed by atoms with Crippen LogP contribution in [0.3, 0.4) is 0 Å². The van der Waals surface area contributed by atoms with Gasteiger partial charge in [0.05, 0.1) is 11.1 Å². The van der Waals surface area contributed by atoms with E-state index in [0.29, 0.717) is 12.2 Å². The molecule has 0 amide bonds. The number of aromatic nitrogens is 1. The molecule has 1 aromatic rings. The molecule has 1 aliphatic rings. The second-order valence-electron chi connectivity index (χ2n) is 2.98. The molecule has 7 heteroatoms. The monoisotopic (exact) mass is 246 g/mol. The van der Waals surface area contributed by atoms with E-state index in [2.05, 4.69) is 9.88 Å². The smallest absolute Gasteiger partial charge is 0.224 e. The summed E-state index contributed by atoms with van der Waals surface area (Å²) in [6, 6.07) is 1.72. The van der Waals surface area contributed by atoms with Crippen molar-refractivity contribution in [1.29, 1.82) is 0 Å². The van der Waals surface area contributed by atoms with Gasteiger partial charge in [0.25, 0.3) is 0 Å². The lowest BCUT2D eigenvalue weighted by Crippen LogP contribution is -2.27. The highest BCUT2D eigenvalue weighted by molar-refractivity contribution is 8.18. The Hall–Kier alpha value is -0.790. The Balaban J connectivity index is 2.13. The molecule has 0 saturated heterocycles. The second-order valence-corrected chi connectivity index (χ2v) is 6.59.